The molecule has 5 nitrogen and oxygen atoms in total. The van der Waals surface area contributed by atoms with Gasteiger partial charge in [0.15, 0.2) is 5.96 Å². The molecule has 0 amide bonds. The number of halogens is 1. The Balaban J connectivity index is 0.00000192. The number of hydrogen-bond acceptors (Lipinski definition) is 4. The summed E-state index contributed by atoms with van der Waals surface area (Å²) < 4.78 is 0. The Bertz CT molecular complexity index is 363. The second-order valence-corrected chi connectivity index (χ2v) is 7.86. The maximum absolute atomic E-state index is 4.39. The minimum Gasteiger partial charge on any atom is -0.355 e. The van der Waals surface area contributed by atoms with E-state index in [9.17, 15) is 0 Å². The Morgan fingerprint density at radius 3 is 2.39 bits per heavy atom. The summed E-state index contributed by atoms with van der Waals surface area (Å²) in [6.45, 7) is 7.10. The fraction of sp³-hybridized carbons (Fsp3) is 0.938. The van der Waals surface area contributed by atoms with Gasteiger partial charge in [-0.15, -0.1) is 24.0 Å². The van der Waals surface area contributed by atoms with Gasteiger partial charge in [-0.2, -0.15) is 11.8 Å². The number of thioether (sulfide) groups is 1. The molecule has 0 spiro atoms. The Labute approximate surface area is 162 Å². The first kappa shape index (κ1) is 19.6. The molecule has 2 saturated heterocycles. The van der Waals surface area contributed by atoms with Crippen molar-refractivity contribution < 1.29 is 0 Å². The lowest BCUT2D eigenvalue weighted by atomic mass is 10.1. The molecule has 3 fully saturated rings. The molecule has 23 heavy (non-hydrogen) atoms. The van der Waals surface area contributed by atoms with Gasteiger partial charge >= 0.3 is 0 Å². The Kier molecular flexibility index (Phi) is 8.78. The number of nitrogens with zero attached hydrogens (tertiary/aromatic N) is 3. The highest BCUT2D eigenvalue weighted by Gasteiger charge is 2.31. The number of rotatable bonds is 5. The monoisotopic (exact) mass is 453 g/mol. The van der Waals surface area contributed by atoms with Crippen LogP contribution in [0.25, 0.3) is 0 Å². The molecule has 0 radical (unpaired) electrons. The lowest BCUT2D eigenvalue weighted by Crippen LogP contribution is -2.50. The van der Waals surface area contributed by atoms with Crippen LogP contribution < -0.4 is 10.6 Å². The molecular formula is C16H32IN5S. The van der Waals surface area contributed by atoms with Crippen LogP contribution >= 0.6 is 35.7 Å². The first-order valence-electron chi connectivity index (χ1n) is 8.86. The van der Waals surface area contributed by atoms with Gasteiger partial charge in [-0.05, 0) is 25.7 Å². The van der Waals surface area contributed by atoms with Gasteiger partial charge in [0, 0.05) is 69.9 Å². The van der Waals surface area contributed by atoms with Crippen LogP contribution in [-0.4, -0.2) is 85.7 Å². The Morgan fingerprint density at radius 2 is 1.78 bits per heavy atom. The molecule has 0 unspecified atom stereocenters. The van der Waals surface area contributed by atoms with E-state index in [0.717, 1.165) is 25.1 Å². The number of aliphatic imine (C=N–C) groups is 1. The number of guanidine groups is 1. The third-order valence-electron chi connectivity index (χ3n) is 4.98. The summed E-state index contributed by atoms with van der Waals surface area (Å²) in [6.07, 6.45) is 5.35. The van der Waals surface area contributed by atoms with Crippen LogP contribution in [-0.2, 0) is 0 Å². The van der Waals surface area contributed by atoms with Crippen molar-refractivity contribution in [3.05, 3.63) is 0 Å². The molecule has 0 aromatic heterocycles. The van der Waals surface area contributed by atoms with Gasteiger partial charge in [0.05, 0.1) is 0 Å². The summed E-state index contributed by atoms with van der Waals surface area (Å²) in [5, 5.41) is 7.10. The summed E-state index contributed by atoms with van der Waals surface area (Å²) in [7, 11) is 1.88. The highest BCUT2D eigenvalue weighted by Crippen LogP contribution is 2.29. The van der Waals surface area contributed by atoms with Crippen LogP contribution in [0.2, 0.25) is 0 Å². The lowest BCUT2D eigenvalue weighted by molar-refractivity contribution is 0.197. The standard InChI is InChI=1S/C16H31N5S.HI/c1-17-16(18-6-9-20-10-12-22-13-11-20)19-14-4-7-21(8-5-14)15-2-3-15;/h14-15H,2-13H2,1H3,(H2,17,18,19);1H. The topological polar surface area (TPSA) is 42.9 Å². The van der Waals surface area contributed by atoms with Crippen molar-refractivity contribution in [2.75, 3.05) is 57.8 Å². The number of likely N-dealkylation sites (tertiary alicyclic amines) is 1. The minimum absolute atomic E-state index is 0. The van der Waals surface area contributed by atoms with Crippen LogP contribution in [0.1, 0.15) is 25.7 Å². The summed E-state index contributed by atoms with van der Waals surface area (Å²) in [5.41, 5.74) is 0. The second kappa shape index (κ2) is 10.3. The van der Waals surface area contributed by atoms with Crippen LogP contribution in [0.5, 0.6) is 0 Å². The SMILES string of the molecule is CN=C(NCCN1CCSCC1)NC1CCN(C2CC2)CC1.I. The van der Waals surface area contributed by atoms with Crippen molar-refractivity contribution in [2.45, 2.75) is 37.8 Å². The summed E-state index contributed by atoms with van der Waals surface area (Å²) >= 11 is 2.07. The van der Waals surface area contributed by atoms with Crippen LogP contribution in [0.15, 0.2) is 4.99 Å². The van der Waals surface area contributed by atoms with Gasteiger partial charge in [-0.1, -0.05) is 0 Å². The molecular weight excluding hydrogens is 421 g/mol. The number of hydrogen-bond donors (Lipinski definition) is 2. The lowest BCUT2D eigenvalue weighted by Gasteiger charge is -2.33. The third-order valence-corrected chi connectivity index (χ3v) is 5.92. The van der Waals surface area contributed by atoms with Crippen LogP contribution in [0.4, 0.5) is 0 Å². The van der Waals surface area contributed by atoms with Gasteiger partial charge in [0.2, 0.25) is 0 Å². The molecule has 0 atom stereocenters. The largest absolute Gasteiger partial charge is 0.355 e. The van der Waals surface area contributed by atoms with E-state index in [0.29, 0.717) is 6.04 Å². The predicted octanol–water partition coefficient (Wildman–Crippen LogP) is 1.45. The zero-order chi connectivity index (χ0) is 15.2. The van der Waals surface area contributed by atoms with E-state index in [1.54, 1.807) is 0 Å². The highest BCUT2D eigenvalue weighted by atomic mass is 127. The molecule has 7 heteroatoms. The zero-order valence-electron chi connectivity index (χ0n) is 14.3. The van der Waals surface area contributed by atoms with Crippen molar-refractivity contribution >= 4 is 41.7 Å². The van der Waals surface area contributed by atoms with Crippen molar-refractivity contribution in [1.29, 1.82) is 0 Å². The first-order chi connectivity index (χ1) is 10.8. The van der Waals surface area contributed by atoms with Crippen molar-refractivity contribution in [3.8, 4) is 0 Å². The fourth-order valence-electron chi connectivity index (χ4n) is 3.39. The molecule has 0 aromatic rings. The maximum Gasteiger partial charge on any atom is 0.191 e. The second-order valence-electron chi connectivity index (χ2n) is 6.64. The average molecular weight is 453 g/mol. The number of nitrogens with one attached hydrogen (secondary N) is 2. The molecule has 3 aliphatic rings. The summed E-state index contributed by atoms with van der Waals surface area (Å²) in [6, 6.07) is 1.51. The zero-order valence-corrected chi connectivity index (χ0v) is 17.4. The molecule has 1 saturated carbocycles. The predicted molar refractivity (Wildman–Crippen MR) is 111 cm³/mol. The van der Waals surface area contributed by atoms with E-state index in [1.807, 2.05) is 7.05 Å². The van der Waals surface area contributed by atoms with Gasteiger partial charge in [0.1, 0.15) is 0 Å². The quantitative estimate of drug-likeness (QED) is 0.375. The normalized spacial score (nSPS) is 25.0. The molecule has 1 aliphatic carbocycles. The van der Waals surface area contributed by atoms with Crippen molar-refractivity contribution in [3.63, 3.8) is 0 Å². The smallest absolute Gasteiger partial charge is 0.191 e. The molecule has 2 N–H and O–H groups in total. The van der Waals surface area contributed by atoms with E-state index in [4.69, 9.17) is 0 Å². The van der Waals surface area contributed by atoms with Crippen molar-refractivity contribution in [2.24, 2.45) is 4.99 Å². The maximum atomic E-state index is 4.39. The van der Waals surface area contributed by atoms with Gasteiger partial charge in [0.25, 0.3) is 0 Å². The fourth-order valence-corrected chi connectivity index (χ4v) is 4.37. The van der Waals surface area contributed by atoms with E-state index < -0.39 is 0 Å². The molecule has 2 aliphatic heterocycles. The highest BCUT2D eigenvalue weighted by molar-refractivity contribution is 14.0. The van der Waals surface area contributed by atoms with E-state index in [2.05, 4.69) is 37.2 Å². The average Bonchev–Trinajstić information content (AvgIpc) is 3.40. The van der Waals surface area contributed by atoms with E-state index in [1.165, 1.54) is 63.4 Å². The Hall–Kier alpha value is 0.270. The van der Waals surface area contributed by atoms with E-state index >= 15 is 0 Å². The van der Waals surface area contributed by atoms with E-state index in [-0.39, 0.29) is 24.0 Å². The number of piperidine rings is 1. The molecule has 0 aromatic carbocycles. The van der Waals surface area contributed by atoms with Crippen LogP contribution in [0, 0.1) is 0 Å². The van der Waals surface area contributed by atoms with Gasteiger partial charge < -0.3 is 15.5 Å². The molecule has 3 rings (SSSR count). The summed E-state index contributed by atoms with van der Waals surface area (Å²) in [5.74, 6) is 3.55. The molecule has 134 valence electrons. The molecule has 2 heterocycles. The van der Waals surface area contributed by atoms with Crippen molar-refractivity contribution in [1.82, 2.24) is 20.4 Å². The Morgan fingerprint density at radius 1 is 1.09 bits per heavy atom. The first-order valence-corrected chi connectivity index (χ1v) is 10.0. The minimum atomic E-state index is 0. The molecule has 0 bridgehead atoms. The van der Waals surface area contributed by atoms with Gasteiger partial charge in [-0.3, -0.25) is 9.89 Å². The van der Waals surface area contributed by atoms with Crippen LogP contribution in [0.3, 0.4) is 0 Å². The van der Waals surface area contributed by atoms with Gasteiger partial charge in [-0.25, -0.2) is 0 Å². The summed E-state index contributed by atoms with van der Waals surface area (Å²) in [4.78, 5) is 9.61. The third kappa shape index (κ3) is 6.59.